The van der Waals surface area contributed by atoms with E-state index in [1.165, 1.54) is 18.8 Å². The van der Waals surface area contributed by atoms with Crippen molar-refractivity contribution >= 4 is 17.3 Å². The number of benzene rings is 2. The predicted octanol–water partition coefficient (Wildman–Crippen LogP) is 1.52. The lowest BCUT2D eigenvalue weighted by Crippen LogP contribution is -3.12. The van der Waals surface area contributed by atoms with Crippen molar-refractivity contribution < 1.29 is 14.4 Å². The van der Waals surface area contributed by atoms with Crippen molar-refractivity contribution in [2.24, 2.45) is 0 Å². The Bertz CT molecular complexity index is 750. The monoisotopic (exact) mass is 354 g/mol. The first-order chi connectivity index (χ1) is 12.5. The molecule has 2 N–H and O–H groups in total. The standard InChI is InChI=1S/C21H27N3O2/c1-16-14-18(24-12-10-23(2)11-13-24)6-9-20(16)22-21(25)15-17-4-7-19(26-3)8-5-17/h4-9,14H,10-13,15H2,1-3H3,(H,22,25)/p+1. The van der Waals surface area contributed by atoms with Crippen molar-refractivity contribution in [3.63, 3.8) is 0 Å². The number of nitrogens with zero attached hydrogens (tertiary/aromatic N) is 1. The molecule has 1 amide bonds. The Morgan fingerprint density at radius 1 is 1.15 bits per heavy atom. The summed E-state index contributed by atoms with van der Waals surface area (Å²) in [6.45, 7) is 6.54. The number of aryl methyl sites for hydroxylation is 1. The van der Waals surface area contributed by atoms with E-state index >= 15 is 0 Å². The SMILES string of the molecule is COc1ccc(CC(=O)Nc2ccc(N3CC[NH+](C)CC3)cc2C)cc1. The molecule has 0 unspecified atom stereocenters. The number of rotatable bonds is 5. The average molecular weight is 354 g/mol. The molecular weight excluding hydrogens is 326 g/mol. The molecule has 1 saturated heterocycles. The van der Waals surface area contributed by atoms with Crippen LogP contribution in [0.1, 0.15) is 11.1 Å². The molecular formula is C21H28N3O2+. The molecule has 0 radical (unpaired) electrons. The molecule has 0 spiro atoms. The summed E-state index contributed by atoms with van der Waals surface area (Å²) in [6, 6.07) is 13.9. The van der Waals surface area contributed by atoms with Crippen LogP contribution in [0.3, 0.4) is 0 Å². The molecule has 1 heterocycles. The zero-order valence-corrected chi connectivity index (χ0v) is 15.8. The molecule has 3 rings (SSSR count). The van der Waals surface area contributed by atoms with Crippen LogP contribution in [0.4, 0.5) is 11.4 Å². The maximum Gasteiger partial charge on any atom is 0.228 e. The van der Waals surface area contributed by atoms with Gasteiger partial charge in [-0.25, -0.2) is 0 Å². The van der Waals surface area contributed by atoms with Gasteiger partial charge in [0, 0.05) is 11.4 Å². The van der Waals surface area contributed by atoms with Crippen molar-refractivity contribution in [2.75, 3.05) is 50.6 Å². The summed E-state index contributed by atoms with van der Waals surface area (Å²) < 4.78 is 5.15. The second-order valence-corrected chi connectivity index (χ2v) is 7.02. The van der Waals surface area contributed by atoms with Crippen molar-refractivity contribution in [1.82, 2.24) is 0 Å². The number of likely N-dealkylation sites (N-methyl/N-ethyl adjacent to an activating group) is 1. The zero-order chi connectivity index (χ0) is 18.5. The number of carbonyl (C=O) groups excluding carboxylic acids is 1. The molecule has 138 valence electrons. The molecule has 1 fully saturated rings. The number of quaternary nitrogens is 1. The van der Waals surface area contributed by atoms with Gasteiger partial charge in [0.1, 0.15) is 5.75 Å². The highest BCUT2D eigenvalue weighted by Gasteiger charge is 2.17. The first-order valence-corrected chi connectivity index (χ1v) is 9.15. The molecule has 0 atom stereocenters. The number of nitrogens with one attached hydrogen (secondary N) is 2. The van der Waals surface area contributed by atoms with Gasteiger partial charge in [0.15, 0.2) is 0 Å². The van der Waals surface area contributed by atoms with Crippen LogP contribution in [0.25, 0.3) is 0 Å². The second-order valence-electron chi connectivity index (χ2n) is 7.02. The molecule has 5 heteroatoms. The smallest absolute Gasteiger partial charge is 0.228 e. The van der Waals surface area contributed by atoms with Gasteiger partial charge >= 0.3 is 0 Å². The lowest BCUT2D eigenvalue weighted by Gasteiger charge is -2.32. The summed E-state index contributed by atoms with van der Waals surface area (Å²) in [7, 11) is 3.88. The first kappa shape index (κ1) is 18.3. The van der Waals surface area contributed by atoms with Gasteiger partial charge in [0.2, 0.25) is 5.91 Å². The fourth-order valence-corrected chi connectivity index (χ4v) is 3.25. The summed E-state index contributed by atoms with van der Waals surface area (Å²) in [5.74, 6) is 0.792. The third-order valence-electron chi connectivity index (χ3n) is 4.99. The summed E-state index contributed by atoms with van der Waals surface area (Å²) in [4.78, 5) is 16.4. The van der Waals surface area contributed by atoms with E-state index in [0.717, 1.165) is 35.7 Å². The lowest BCUT2D eigenvalue weighted by molar-refractivity contribution is -0.880. The molecule has 0 saturated carbocycles. The number of carbonyl (C=O) groups is 1. The number of piperazine rings is 1. The van der Waals surface area contributed by atoms with Gasteiger partial charge in [-0.2, -0.15) is 0 Å². The lowest BCUT2D eigenvalue weighted by atomic mass is 10.1. The minimum atomic E-state index is -0.00536. The van der Waals surface area contributed by atoms with Crippen LogP contribution in [0.2, 0.25) is 0 Å². The molecule has 0 aliphatic carbocycles. The van der Waals surface area contributed by atoms with E-state index < -0.39 is 0 Å². The molecule has 0 bridgehead atoms. The summed E-state index contributed by atoms with van der Waals surface area (Å²) in [6.07, 6.45) is 0.354. The quantitative estimate of drug-likeness (QED) is 0.856. The molecule has 0 aromatic heterocycles. The first-order valence-electron chi connectivity index (χ1n) is 9.15. The summed E-state index contributed by atoms with van der Waals surface area (Å²) in [5.41, 5.74) is 4.18. The van der Waals surface area contributed by atoms with Crippen LogP contribution >= 0.6 is 0 Å². The van der Waals surface area contributed by atoms with Crippen LogP contribution < -0.4 is 19.9 Å². The highest BCUT2D eigenvalue weighted by atomic mass is 16.5. The van der Waals surface area contributed by atoms with E-state index in [1.807, 2.05) is 37.3 Å². The fourth-order valence-electron chi connectivity index (χ4n) is 3.25. The highest BCUT2D eigenvalue weighted by Crippen LogP contribution is 2.23. The molecule has 1 aliphatic heterocycles. The van der Waals surface area contributed by atoms with E-state index in [2.05, 4.69) is 29.4 Å². The third-order valence-corrected chi connectivity index (χ3v) is 4.99. The number of hydrogen-bond acceptors (Lipinski definition) is 3. The van der Waals surface area contributed by atoms with Crippen LogP contribution in [0.15, 0.2) is 42.5 Å². The number of hydrogen-bond donors (Lipinski definition) is 2. The topological polar surface area (TPSA) is 46.0 Å². The van der Waals surface area contributed by atoms with Crippen LogP contribution in [-0.4, -0.2) is 46.2 Å². The molecule has 2 aromatic rings. The Morgan fingerprint density at radius 2 is 1.85 bits per heavy atom. The van der Waals surface area contributed by atoms with Gasteiger partial charge in [-0.3, -0.25) is 4.79 Å². The summed E-state index contributed by atoms with van der Waals surface area (Å²) >= 11 is 0. The highest BCUT2D eigenvalue weighted by molar-refractivity contribution is 5.93. The fraction of sp³-hybridized carbons (Fsp3) is 0.381. The van der Waals surface area contributed by atoms with E-state index in [1.54, 1.807) is 12.0 Å². The van der Waals surface area contributed by atoms with Gasteiger partial charge in [0.25, 0.3) is 0 Å². The van der Waals surface area contributed by atoms with Crippen LogP contribution in [-0.2, 0) is 11.2 Å². The molecule has 26 heavy (non-hydrogen) atoms. The van der Waals surface area contributed by atoms with Gasteiger partial charge < -0.3 is 19.9 Å². The Kier molecular flexibility index (Phi) is 5.78. The van der Waals surface area contributed by atoms with Gasteiger partial charge in [-0.15, -0.1) is 0 Å². The Balaban J connectivity index is 1.61. The maximum absolute atomic E-state index is 12.4. The van der Waals surface area contributed by atoms with Gasteiger partial charge in [0.05, 0.1) is 46.8 Å². The van der Waals surface area contributed by atoms with Crippen LogP contribution in [0, 0.1) is 6.92 Å². The number of methoxy groups -OCH3 is 1. The van der Waals surface area contributed by atoms with Crippen molar-refractivity contribution in [2.45, 2.75) is 13.3 Å². The average Bonchev–Trinajstić information content (AvgIpc) is 2.64. The normalized spacial score (nSPS) is 15.0. The second kappa shape index (κ2) is 8.23. The number of anilines is 2. The third kappa shape index (κ3) is 4.55. The van der Waals surface area contributed by atoms with Crippen LogP contribution in [0.5, 0.6) is 5.75 Å². The molecule has 5 nitrogen and oxygen atoms in total. The Morgan fingerprint density at radius 3 is 2.46 bits per heavy atom. The minimum absolute atomic E-state index is 0.00536. The Hall–Kier alpha value is -2.53. The van der Waals surface area contributed by atoms with E-state index in [4.69, 9.17) is 4.74 Å². The van der Waals surface area contributed by atoms with Crippen molar-refractivity contribution in [3.05, 3.63) is 53.6 Å². The number of amides is 1. The van der Waals surface area contributed by atoms with Gasteiger partial charge in [-0.05, 0) is 48.4 Å². The summed E-state index contributed by atoms with van der Waals surface area (Å²) in [5, 5.41) is 3.03. The van der Waals surface area contributed by atoms with E-state index in [9.17, 15) is 4.79 Å². The van der Waals surface area contributed by atoms with Crippen molar-refractivity contribution in [1.29, 1.82) is 0 Å². The zero-order valence-electron chi connectivity index (χ0n) is 15.8. The molecule has 2 aromatic carbocycles. The minimum Gasteiger partial charge on any atom is -0.497 e. The maximum atomic E-state index is 12.4. The predicted molar refractivity (Wildman–Crippen MR) is 105 cm³/mol. The van der Waals surface area contributed by atoms with Gasteiger partial charge in [-0.1, -0.05) is 12.1 Å². The van der Waals surface area contributed by atoms with Crippen molar-refractivity contribution in [3.8, 4) is 5.75 Å². The van der Waals surface area contributed by atoms with E-state index in [-0.39, 0.29) is 5.91 Å². The Labute approximate surface area is 155 Å². The largest absolute Gasteiger partial charge is 0.497 e. The van der Waals surface area contributed by atoms with E-state index in [0.29, 0.717) is 6.42 Å². The molecule has 1 aliphatic rings. The number of ether oxygens (including phenoxy) is 1.